The Morgan fingerprint density at radius 3 is 1.07 bits per heavy atom. The van der Waals surface area contributed by atoms with Gasteiger partial charge in [-0.2, -0.15) is 0 Å². The zero-order valence-corrected chi connectivity index (χ0v) is 25.7. The maximum Gasteiger partial charge on any atom is 0.138 e. The molecule has 42 heavy (non-hydrogen) atoms. The van der Waals surface area contributed by atoms with E-state index in [-0.39, 0.29) is 0 Å². The fraction of sp³-hybridized carbons (Fsp3) is 0.500. The van der Waals surface area contributed by atoms with Crippen LogP contribution in [0.3, 0.4) is 0 Å². The van der Waals surface area contributed by atoms with Crippen LogP contribution in [0.2, 0.25) is 0 Å². The molecule has 0 amide bonds. The minimum atomic E-state index is 0.290. The maximum absolute atomic E-state index is 5.86. The zero-order valence-electron chi connectivity index (χ0n) is 25.7. The summed E-state index contributed by atoms with van der Waals surface area (Å²) in [7, 11) is 0. The van der Waals surface area contributed by atoms with Gasteiger partial charge in [0.2, 0.25) is 0 Å². The summed E-state index contributed by atoms with van der Waals surface area (Å²) in [6.45, 7) is 15.9. The van der Waals surface area contributed by atoms with Crippen LogP contribution in [-0.2, 0) is 18.9 Å². The van der Waals surface area contributed by atoms with Crippen molar-refractivity contribution in [2.45, 2.75) is 65.0 Å². The smallest absolute Gasteiger partial charge is 0.138 e. The van der Waals surface area contributed by atoms with Crippen molar-refractivity contribution in [3.05, 3.63) is 94.4 Å². The molecule has 6 heteroatoms. The van der Waals surface area contributed by atoms with Crippen molar-refractivity contribution >= 4 is 11.4 Å². The Morgan fingerprint density at radius 2 is 0.857 bits per heavy atom. The van der Waals surface area contributed by atoms with Gasteiger partial charge in [-0.15, -0.1) is 0 Å². The lowest BCUT2D eigenvalue weighted by Crippen LogP contribution is -2.54. The van der Waals surface area contributed by atoms with E-state index in [0.717, 1.165) is 74.4 Å². The predicted octanol–water partition coefficient (Wildman–Crippen LogP) is 6.26. The number of benzene rings is 1. The van der Waals surface area contributed by atoms with Crippen molar-refractivity contribution in [3.8, 4) is 0 Å². The molecule has 6 aliphatic rings. The second kappa shape index (κ2) is 11.2. The first kappa shape index (κ1) is 28.2. The molecule has 0 bridgehead atoms. The first-order valence-electron chi connectivity index (χ1n) is 15.8. The molecule has 0 N–H and O–H groups in total. The molecule has 4 atom stereocenters. The van der Waals surface area contributed by atoms with Crippen LogP contribution >= 0.6 is 0 Å². The highest BCUT2D eigenvalue weighted by molar-refractivity contribution is 5.61. The molecule has 0 aromatic heterocycles. The SMILES string of the molecule is CC(C)=C1C=CC([N+](CC2CO2)(CC2CO2)c2ccc([N+](CC3CO3)(CC3CO3)C3=CCC(=C(C)C)C=C3)cc2)=CC1. The van der Waals surface area contributed by atoms with Gasteiger partial charge in [0.25, 0.3) is 0 Å². The summed E-state index contributed by atoms with van der Waals surface area (Å²) >= 11 is 0. The van der Waals surface area contributed by atoms with E-state index in [0.29, 0.717) is 24.4 Å². The molecule has 1 aromatic carbocycles. The average molecular weight is 571 g/mol. The van der Waals surface area contributed by atoms with Crippen molar-refractivity contribution in [1.29, 1.82) is 0 Å². The number of epoxide rings is 4. The molecular formula is C36H46N2O4+2. The number of quaternary nitrogens is 2. The van der Waals surface area contributed by atoms with E-state index in [1.165, 1.54) is 45.1 Å². The Morgan fingerprint density at radius 1 is 0.548 bits per heavy atom. The highest BCUT2D eigenvalue weighted by atomic mass is 16.6. The van der Waals surface area contributed by atoms with Gasteiger partial charge in [0.15, 0.2) is 0 Å². The highest BCUT2D eigenvalue weighted by Gasteiger charge is 2.49. The summed E-state index contributed by atoms with van der Waals surface area (Å²) in [6, 6.07) is 9.53. The average Bonchev–Trinajstić information content (AvgIpc) is 3.81. The van der Waals surface area contributed by atoms with Crippen molar-refractivity contribution < 1.29 is 18.9 Å². The molecular weight excluding hydrogens is 524 g/mol. The Labute approximate surface area is 251 Å². The minimum absolute atomic E-state index is 0.290. The molecule has 4 aliphatic heterocycles. The van der Waals surface area contributed by atoms with E-state index in [2.05, 4.69) is 88.4 Å². The second-order valence-electron chi connectivity index (χ2n) is 13.4. The van der Waals surface area contributed by atoms with Gasteiger partial charge < -0.3 is 18.9 Å². The Hall–Kier alpha value is -2.58. The largest absolute Gasteiger partial charge is 0.367 e. The van der Waals surface area contributed by atoms with Gasteiger partial charge in [0.1, 0.15) is 73.4 Å². The van der Waals surface area contributed by atoms with Gasteiger partial charge in [0, 0.05) is 24.3 Å². The molecule has 0 radical (unpaired) electrons. The van der Waals surface area contributed by atoms with Crippen molar-refractivity contribution in [1.82, 2.24) is 8.97 Å². The number of nitrogens with zero attached hydrogens (tertiary/aromatic N) is 2. The molecule has 222 valence electrons. The van der Waals surface area contributed by atoms with Crippen LogP contribution in [0.25, 0.3) is 0 Å². The van der Waals surface area contributed by atoms with E-state index >= 15 is 0 Å². The molecule has 1 aromatic rings. The van der Waals surface area contributed by atoms with Crippen LogP contribution in [0, 0.1) is 0 Å². The Balaban J connectivity index is 1.28. The van der Waals surface area contributed by atoms with Crippen molar-refractivity contribution in [2.24, 2.45) is 0 Å². The summed E-state index contributed by atoms with van der Waals surface area (Å²) in [5.74, 6) is 0. The van der Waals surface area contributed by atoms with Gasteiger partial charge in [0.05, 0.1) is 26.4 Å². The summed E-state index contributed by atoms with van der Waals surface area (Å²) in [5.41, 5.74) is 10.9. The van der Waals surface area contributed by atoms with Gasteiger partial charge in [-0.25, -0.2) is 0 Å². The zero-order chi connectivity index (χ0) is 28.9. The molecule has 7 rings (SSSR count). The van der Waals surface area contributed by atoms with E-state index in [1.807, 2.05) is 0 Å². The van der Waals surface area contributed by atoms with E-state index < -0.39 is 0 Å². The lowest BCUT2D eigenvalue weighted by Gasteiger charge is -2.41. The lowest BCUT2D eigenvalue weighted by atomic mass is 9.98. The number of allylic oxidation sites excluding steroid dienone is 10. The van der Waals surface area contributed by atoms with E-state index in [1.54, 1.807) is 0 Å². The highest BCUT2D eigenvalue weighted by Crippen LogP contribution is 2.42. The number of ether oxygens (including phenoxy) is 4. The first-order chi connectivity index (χ1) is 20.3. The molecule has 6 nitrogen and oxygen atoms in total. The van der Waals surface area contributed by atoms with Crippen LogP contribution in [0.5, 0.6) is 0 Å². The third kappa shape index (κ3) is 5.94. The normalized spacial score (nSPS) is 30.2. The third-order valence-corrected chi connectivity index (χ3v) is 9.75. The number of hydrogen-bond donors (Lipinski definition) is 0. The van der Waals surface area contributed by atoms with Crippen LogP contribution in [0.4, 0.5) is 11.4 Å². The van der Waals surface area contributed by atoms with Gasteiger partial charge >= 0.3 is 0 Å². The van der Waals surface area contributed by atoms with Gasteiger partial charge in [-0.1, -0.05) is 23.3 Å². The maximum atomic E-state index is 5.86. The van der Waals surface area contributed by atoms with E-state index in [4.69, 9.17) is 18.9 Å². The Kier molecular flexibility index (Phi) is 7.50. The predicted molar refractivity (Wildman–Crippen MR) is 169 cm³/mol. The summed E-state index contributed by atoms with van der Waals surface area (Å²) in [4.78, 5) is 0. The van der Waals surface area contributed by atoms with Gasteiger partial charge in [-0.05, 0) is 76.0 Å². The quantitative estimate of drug-likeness (QED) is 0.220. The summed E-state index contributed by atoms with van der Waals surface area (Å²) in [5, 5.41) is 0. The lowest BCUT2D eigenvalue weighted by molar-refractivity contribution is 0.262. The molecule has 4 unspecified atom stereocenters. The van der Waals surface area contributed by atoms with Gasteiger partial charge in [-0.3, -0.25) is 8.97 Å². The molecule has 2 aliphatic carbocycles. The minimum Gasteiger partial charge on any atom is -0.367 e. The number of rotatable bonds is 12. The summed E-state index contributed by atoms with van der Waals surface area (Å²) < 4.78 is 25.0. The molecule has 4 fully saturated rings. The third-order valence-electron chi connectivity index (χ3n) is 9.75. The molecule has 0 spiro atoms. The summed E-state index contributed by atoms with van der Waals surface area (Å²) in [6.07, 6.45) is 17.3. The fourth-order valence-electron chi connectivity index (χ4n) is 6.85. The van der Waals surface area contributed by atoms with Crippen LogP contribution in [0.1, 0.15) is 40.5 Å². The van der Waals surface area contributed by atoms with Crippen LogP contribution in [0.15, 0.2) is 94.4 Å². The van der Waals surface area contributed by atoms with Crippen molar-refractivity contribution in [3.63, 3.8) is 0 Å². The van der Waals surface area contributed by atoms with Crippen molar-refractivity contribution in [2.75, 3.05) is 52.6 Å². The standard InChI is InChI=1S/C36H46N2O4/c1-25(2)27-5-9-29(10-6-27)37(17-33-21-39-33,18-34-22-40-34)31-13-15-32(16-14-31)38(19-35-23-41-35,20-36-24-42-36)30-11-7-28(8-12-30)26(3)4/h5,7,9-16,33-36H,6,8,17-24H2,1-4H3/q+2. The molecule has 4 saturated heterocycles. The Bertz CT molecular complexity index is 1250. The number of hydrogen-bond acceptors (Lipinski definition) is 4. The van der Waals surface area contributed by atoms with Crippen LogP contribution < -0.4 is 8.97 Å². The topological polar surface area (TPSA) is 50.1 Å². The first-order valence-corrected chi connectivity index (χ1v) is 15.8. The van der Waals surface area contributed by atoms with Crippen LogP contribution in [-0.4, -0.2) is 77.0 Å². The fourth-order valence-corrected chi connectivity index (χ4v) is 6.85. The monoisotopic (exact) mass is 570 g/mol. The molecule has 4 heterocycles. The molecule has 0 saturated carbocycles. The van der Waals surface area contributed by atoms with E-state index in [9.17, 15) is 0 Å². The second-order valence-corrected chi connectivity index (χ2v) is 13.4.